The van der Waals surface area contributed by atoms with Gasteiger partial charge in [0.05, 0.1) is 48.6 Å². The van der Waals surface area contributed by atoms with Gasteiger partial charge in [-0.05, 0) is 104 Å². The van der Waals surface area contributed by atoms with E-state index < -0.39 is 17.6 Å². The molecule has 6 rings (SSSR count). The third-order valence-electron chi connectivity index (χ3n) is 9.96. The van der Waals surface area contributed by atoms with Crippen LogP contribution in [-0.4, -0.2) is 66.2 Å². The minimum Gasteiger partial charge on any atom is -0.491 e. The molecule has 1 aliphatic rings. The molecule has 5 N–H and O–H groups in total. The molecule has 0 unspecified atom stereocenters. The van der Waals surface area contributed by atoms with Crippen molar-refractivity contribution in [3.05, 3.63) is 114 Å². The number of ether oxygens (including phenoxy) is 3. The van der Waals surface area contributed by atoms with Crippen molar-refractivity contribution >= 4 is 51.6 Å². The molecule has 0 atom stereocenters. The van der Waals surface area contributed by atoms with Gasteiger partial charge in [0.15, 0.2) is 11.6 Å². The van der Waals surface area contributed by atoms with Gasteiger partial charge in [0.25, 0.3) is 17.7 Å². The summed E-state index contributed by atoms with van der Waals surface area (Å²) < 4.78 is 31.5. The molecule has 1 fully saturated rings. The largest absolute Gasteiger partial charge is 0.491 e. The van der Waals surface area contributed by atoms with Gasteiger partial charge in [0.2, 0.25) is 5.91 Å². The van der Waals surface area contributed by atoms with Crippen LogP contribution < -0.4 is 35.5 Å². The fourth-order valence-electron chi connectivity index (χ4n) is 6.74. The van der Waals surface area contributed by atoms with Gasteiger partial charge >= 0.3 is 0 Å². The number of hydrogen-bond donors (Lipinski definition) is 5. The molecule has 0 radical (unpaired) electrons. The zero-order chi connectivity index (χ0) is 43.5. The number of anilines is 3. The second kappa shape index (κ2) is 20.6. The Kier molecular flexibility index (Phi) is 14.9. The van der Waals surface area contributed by atoms with Crippen LogP contribution in [0.15, 0.2) is 91.1 Å². The monoisotopic (exact) mass is 833 g/mol. The minimum atomic E-state index is -0.675. The molecule has 320 valence electrons. The summed E-state index contributed by atoms with van der Waals surface area (Å²) in [4.78, 5) is 58.0. The van der Waals surface area contributed by atoms with Crippen molar-refractivity contribution in [1.29, 1.82) is 0 Å². The highest BCUT2D eigenvalue weighted by molar-refractivity contribution is 6.08. The highest BCUT2D eigenvalue weighted by atomic mass is 19.1. The van der Waals surface area contributed by atoms with Crippen LogP contribution in [0.2, 0.25) is 0 Å². The quantitative estimate of drug-likeness (QED) is 0.0618. The molecule has 0 saturated heterocycles. The molecule has 5 aromatic rings. The lowest BCUT2D eigenvalue weighted by molar-refractivity contribution is -0.120. The van der Waals surface area contributed by atoms with Crippen LogP contribution in [0, 0.1) is 23.6 Å². The van der Waals surface area contributed by atoms with Crippen LogP contribution in [0.3, 0.4) is 0 Å². The summed E-state index contributed by atoms with van der Waals surface area (Å²) >= 11 is 0. The zero-order valence-corrected chi connectivity index (χ0v) is 34.8. The molecule has 0 spiro atoms. The summed E-state index contributed by atoms with van der Waals surface area (Å²) in [5.74, 6) is -1.59. The second-order valence-corrected chi connectivity index (χ2v) is 15.9. The maximum absolute atomic E-state index is 14.2. The number of para-hydroxylation sites is 1. The van der Waals surface area contributed by atoms with Crippen molar-refractivity contribution in [2.24, 2.45) is 17.8 Å². The number of pyridine rings is 1. The lowest BCUT2D eigenvalue weighted by Gasteiger charge is -2.28. The maximum Gasteiger partial charge on any atom is 0.255 e. The van der Waals surface area contributed by atoms with E-state index in [2.05, 4.69) is 26.3 Å². The Labute approximate surface area is 354 Å². The van der Waals surface area contributed by atoms with Crippen molar-refractivity contribution in [3.8, 4) is 17.2 Å². The van der Waals surface area contributed by atoms with Crippen LogP contribution in [0.25, 0.3) is 10.9 Å². The number of aliphatic hydroxyl groups excluding tert-OH is 1. The molecular formula is C47H52FN5O8. The van der Waals surface area contributed by atoms with E-state index in [1.165, 1.54) is 24.3 Å². The van der Waals surface area contributed by atoms with Crippen LogP contribution in [0.4, 0.5) is 21.5 Å². The number of rotatable bonds is 17. The van der Waals surface area contributed by atoms with Gasteiger partial charge in [-0.1, -0.05) is 45.9 Å². The van der Waals surface area contributed by atoms with Gasteiger partial charge < -0.3 is 40.6 Å². The van der Waals surface area contributed by atoms with Crippen molar-refractivity contribution in [2.45, 2.75) is 59.4 Å². The van der Waals surface area contributed by atoms with Gasteiger partial charge in [-0.25, -0.2) is 4.39 Å². The average Bonchev–Trinajstić information content (AvgIpc) is 3.25. The number of amides is 4. The highest BCUT2D eigenvalue weighted by Crippen LogP contribution is 2.32. The van der Waals surface area contributed by atoms with E-state index in [-0.39, 0.29) is 77.1 Å². The minimum absolute atomic E-state index is 0.0593. The molecule has 13 nitrogen and oxygen atoms in total. The fourth-order valence-corrected chi connectivity index (χ4v) is 6.74. The van der Waals surface area contributed by atoms with Gasteiger partial charge in [0, 0.05) is 34.0 Å². The first-order chi connectivity index (χ1) is 29.4. The number of fused-ring (bicyclic) bond motifs is 1. The smallest absolute Gasteiger partial charge is 0.255 e. The summed E-state index contributed by atoms with van der Waals surface area (Å²) in [6.45, 7) is 8.07. The number of nitrogens with zero attached hydrogens (tertiary/aromatic N) is 1. The standard InChI is InChI=1S/C47H52FN5O8/c1-28(2)26-60-42-23-33(45(56)50-35-14-9-30(10-15-35)44(55)51-36-21-31-7-5-6-8-38(31)49-25-36)12-17-39(42)53-47(58)34-13-18-40(43(24-34)61-27-29(3)4)52-46(57)32-11-16-37(48)41(22-32)59-20-19-54/h5-8,11-13,16-18,21-25,28-30,35,54H,9-10,14-15,19-20,26-27H2,1-4H3,(H,50,56)(H,51,55)(H,52,57)(H,53,58). The van der Waals surface area contributed by atoms with Crippen LogP contribution >= 0.6 is 0 Å². The van der Waals surface area contributed by atoms with Gasteiger partial charge in [0.1, 0.15) is 18.1 Å². The lowest BCUT2D eigenvalue weighted by Crippen LogP contribution is -2.39. The molecule has 1 heterocycles. The van der Waals surface area contributed by atoms with E-state index in [4.69, 9.17) is 19.3 Å². The molecule has 1 aromatic heterocycles. The second-order valence-electron chi connectivity index (χ2n) is 15.9. The summed E-state index contributed by atoms with van der Waals surface area (Å²) in [6, 6.07) is 22.6. The first-order valence-corrected chi connectivity index (χ1v) is 20.5. The number of aliphatic hydroxyl groups is 1. The first kappa shape index (κ1) is 44.0. The van der Waals surface area contributed by atoms with E-state index in [1.807, 2.05) is 58.0 Å². The Morgan fingerprint density at radius 3 is 1.84 bits per heavy atom. The van der Waals surface area contributed by atoms with Crippen LogP contribution in [0.5, 0.6) is 17.2 Å². The van der Waals surface area contributed by atoms with E-state index in [0.29, 0.717) is 61.6 Å². The van der Waals surface area contributed by atoms with Gasteiger partial charge in [-0.3, -0.25) is 24.2 Å². The number of hydrogen-bond acceptors (Lipinski definition) is 9. The number of nitrogens with one attached hydrogen (secondary N) is 4. The number of halogens is 1. The maximum atomic E-state index is 14.2. The third-order valence-corrected chi connectivity index (χ3v) is 9.96. The molecular weight excluding hydrogens is 782 g/mol. The summed E-state index contributed by atoms with van der Waals surface area (Å²) in [6.07, 6.45) is 4.20. The van der Waals surface area contributed by atoms with E-state index in [9.17, 15) is 23.6 Å². The molecule has 0 bridgehead atoms. The van der Waals surface area contributed by atoms with Crippen molar-refractivity contribution in [2.75, 3.05) is 42.4 Å². The lowest BCUT2D eigenvalue weighted by atomic mass is 9.85. The van der Waals surface area contributed by atoms with Crippen LogP contribution in [0.1, 0.15) is 84.5 Å². The third kappa shape index (κ3) is 12.0. The highest BCUT2D eigenvalue weighted by Gasteiger charge is 2.28. The van der Waals surface area contributed by atoms with Crippen LogP contribution in [-0.2, 0) is 4.79 Å². The summed E-state index contributed by atoms with van der Waals surface area (Å²) in [5.41, 5.74) is 2.85. The van der Waals surface area contributed by atoms with Crippen molar-refractivity contribution in [1.82, 2.24) is 10.3 Å². The Balaban J connectivity index is 1.10. The van der Waals surface area contributed by atoms with Gasteiger partial charge in [-0.15, -0.1) is 0 Å². The number of carbonyl (C=O) groups excluding carboxylic acids is 4. The molecule has 1 saturated carbocycles. The van der Waals surface area contributed by atoms with E-state index in [0.717, 1.165) is 17.0 Å². The number of aromatic nitrogens is 1. The number of carbonyl (C=O) groups is 4. The Morgan fingerprint density at radius 2 is 1.25 bits per heavy atom. The SMILES string of the molecule is CC(C)COc1cc(C(=O)Nc2ccc(C(=O)NC3CCC(C(=O)Nc4cnc5ccccc5c4)CC3)cc2OCC(C)C)ccc1NC(=O)c1ccc(F)c(OCCO)c1. The average molecular weight is 834 g/mol. The molecule has 4 aromatic carbocycles. The number of benzene rings is 4. The molecule has 14 heteroatoms. The molecule has 61 heavy (non-hydrogen) atoms. The summed E-state index contributed by atoms with van der Waals surface area (Å²) in [5, 5.41) is 21.8. The topological polar surface area (TPSA) is 177 Å². The Bertz CT molecular complexity index is 2360. The predicted molar refractivity (Wildman–Crippen MR) is 232 cm³/mol. The molecule has 4 amide bonds. The summed E-state index contributed by atoms with van der Waals surface area (Å²) in [7, 11) is 0. The van der Waals surface area contributed by atoms with E-state index >= 15 is 0 Å². The Morgan fingerprint density at radius 1 is 0.689 bits per heavy atom. The zero-order valence-electron chi connectivity index (χ0n) is 34.8. The van der Waals surface area contributed by atoms with Crippen molar-refractivity contribution < 1.29 is 42.9 Å². The normalized spacial score (nSPS) is 15.0. The molecule has 0 aliphatic heterocycles. The Hall–Kier alpha value is -6.54. The fraction of sp³-hybridized carbons (Fsp3) is 0.340. The first-order valence-electron chi connectivity index (χ1n) is 20.5. The van der Waals surface area contributed by atoms with Gasteiger partial charge in [-0.2, -0.15) is 0 Å². The molecule has 1 aliphatic carbocycles. The van der Waals surface area contributed by atoms with E-state index in [1.54, 1.807) is 30.5 Å². The van der Waals surface area contributed by atoms with Crippen molar-refractivity contribution in [3.63, 3.8) is 0 Å². The predicted octanol–water partition coefficient (Wildman–Crippen LogP) is 8.25.